The van der Waals surface area contributed by atoms with Gasteiger partial charge in [0, 0.05) is 25.3 Å². The van der Waals surface area contributed by atoms with Gasteiger partial charge in [0.15, 0.2) is 0 Å². The number of aliphatic hydroxyl groups excluding tert-OH is 1. The minimum Gasteiger partial charge on any atom is -0.396 e. The molecule has 0 saturated carbocycles. The molecule has 24 heavy (non-hydrogen) atoms. The van der Waals surface area contributed by atoms with Crippen LogP contribution in [0.2, 0.25) is 5.02 Å². The van der Waals surface area contributed by atoms with E-state index in [1.54, 1.807) is 12.1 Å². The molecule has 2 N–H and O–H groups in total. The quantitative estimate of drug-likeness (QED) is 0.891. The molecule has 0 bridgehead atoms. The summed E-state index contributed by atoms with van der Waals surface area (Å²) in [5, 5.41) is 17.3. The Morgan fingerprint density at radius 3 is 2.71 bits per heavy atom. The van der Waals surface area contributed by atoms with Crippen LogP contribution in [-0.4, -0.2) is 45.8 Å². The molecule has 1 aromatic carbocycles. The molecule has 2 aromatic rings. The van der Waals surface area contributed by atoms with Gasteiger partial charge in [-0.1, -0.05) is 36.7 Å². The van der Waals surface area contributed by atoms with Crippen molar-refractivity contribution in [3.63, 3.8) is 0 Å². The molecule has 0 spiro atoms. The molecule has 6 heteroatoms. The number of nitrogens with one attached hydrogen (secondary N) is 1. The molecule has 1 aliphatic rings. The lowest BCUT2D eigenvalue weighted by Crippen LogP contribution is -2.44. The number of H-pyrrole nitrogens is 1. The highest BCUT2D eigenvalue weighted by atomic mass is 35.5. The fourth-order valence-corrected chi connectivity index (χ4v) is 3.45. The monoisotopic (exact) mass is 347 g/mol. The molecular formula is C18H22ClN3O2. The van der Waals surface area contributed by atoms with Crippen molar-refractivity contribution < 1.29 is 9.90 Å². The van der Waals surface area contributed by atoms with Gasteiger partial charge in [-0.25, -0.2) is 0 Å². The Hall–Kier alpha value is -1.85. The average Bonchev–Trinajstić information content (AvgIpc) is 3.11. The maximum Gasteiger partial charge on any atom is 0.271 e. The normalized spacial score (nSPS) is 17.0. The van der Waals surface area contributed by atoms with Gasteiger partial charge in [-0.2, -0.15) is 5.10 Å². The number of aliphatic hydroxyl groups is 1. The lowest BCUT2D eigenvalue weighted by molar-refractivity contribution is 0.0334. The zero-order valence-electron chi connectivity index (χ0n) is 13.8. The predicted molar refractivity (Wildman–Crippen MR) is 94.0 cm³/mol. The standard InChI is InChI=1S/C18H22ClN3O2/c1-2-18(12-23)7-9-22(10-8-18)17(24)16-11-15(20-21-16)13-5-3-4-6-14(13)19/h3-6,11,23H,2,7-10,12H2,1H3,(H,20,21). The summed E-state index contributed by atoms with van der Waals surface area (Å²) >= 11 is 6.19. The number of benzene rings is 1. The van der Waals surface area contributed by atoms with Gasteiger partial charge in [0.05, 0.1) is 10.7 Å². The van der Waals surface area contributed by atoms with Crippen molar-refractivity contribution in [1.82, 2.24) is 15.1 Å². The smallest absolute Gasteiger partial charge is 0.271 e. The third-order valence-electron chi connectivity index (χ3n) is 5.15. The SMILES string of the molecule is CCC1(CO)CCN(C(=O)c2cc(-c3ccccc3Cl)n[nH]2)CC1. The van der Waals surface area contributed by atoms with E-state index in [-0.39, 0.29) is 17.9 Å². The molecule has 5 nitrogen and oxygen atoms in total. The maximum absolute atomic E-state index is 12.7. The first-order chi connectivity index (χ1) is 11.6. The molecule has 2 heterocycles. The highest BCUT2D eigenvalue weighted by Crippen LogP contribution is 2.34. The second kappa shape index (κ2) is 6.95. The third kappa shape index (κ3) is 3.19. The summed E-state index contributed by atoms with van der Waals surface area (Å²) in [5.74, 6) is -0.0524. The summed E-state index contributed by atoms with van der Waals surface area (Å²) in [6.07, 6.45) is 2.60. The number of aromatic nitrogens is 2. The van der Waals surface area contributed by atoms with Crippen LogP contribution in [0, 0.1) is 5.41 Å². The molecule has 1 amide bonds. The molecule has 3 rings (SSSR count). The Morgan fingerprint density at radius 2 is 2.08 bits per heavy atom. The number of halogens is 1. The third-order valence-corrected chi connectivity index (χ3v) is 5.48. The van der Waals surface area contributed by atoms with Crippen LogP contribution in [0.5, 0.6) is 0 Å². The van der Waals surface area contributed by atoms with Crippen molar-refractivity contribution in [3.05, 3.63) is 41.0 Å². The predicted octanol–water partition coefficient (Wildman–Crippen LogP) is 3.35. The summed E-state index contributed by atoms with van der Waals surface area (Å²) in [4.78, 5) is 14.5. The number of rotatable bonds is 4. The second-order valence-electron chi connectivity index (χ2n) is 6.45. The van der Waals surface area contributed by atoms with Crippen LogP contribution in [0.1, 0.15) is 36.7 Å². The summed E-state index contributed by atoms with van der Waals surface area (Å²) in [5.41, 5.74) is 1.91. The van der Waals surface area contributed by atoms with E-state index in [0.29, 0.717) is 29.5 Å². The molecule has 128 valence electrons. The van der Waals surface area contributed by atoms with Gasteiger partial charge in [0.25, 0.3) is 5.91 Å². The van der Waals surface area contributed by atoms with Crippen LogP contribution in [0.3, 0.4) is 0 Å². The highest BCUT2D eigenvalue weighted by molar-refractivity contribution is 6.33. The van der Waals surface area contributed by atoms with Gasteiger partial charge >= 0.3 is 0 Å². The maximum atomic E-state index is 12.7. The first-order valence-corrected chi connectivity index (χ1v) is 8.67. The van der Waals surface area contributed by atoms with E-state index in [9.17, 15) is 9.90 Å². The number of likely N-dealkylation sites (tertiary alicyclic amines) is 1. The lowest BCUT2D eigenvalue weighted by Gasteiger charge is -2.40. The average molecular weight is 348 g/mol. The zero-order valence-corrected chi connectivity index (χ0v) is 14.5. The minimum absolute atomic E-state index is 0.0342. The minimum atomic E-state index is -0.0524. The number of amides is 1. The van der Waals surface area contributed by atoms with Crippen molar-refractivity contribution in [1.29, 1.82) is 0 Å². The Bertz CT molecular complexity index is 715. The number of hydrogen-bond acceptors (Lipinski definition) is 3. The largest absolute Gasteiger partial charge is 0.396 e. The van der Waals surface area contributed by atoms with E-state index in [1.165, 1.54) is 0 Å². The van der Waals surface area contributed by atoms with Crippen molar-refractivity contribution in [3.8, 4) is 11.3 Å². The molecule has 1 aromatic heterocycles. The van der Waals surface area contributed by atoms with Crippen molar-refractivity contribution >= 4 is 17.5 Å². The van der Waals surface area contributed by atoms with Gasteiger partial charge in [-0.15, -0.1) is 0 Å². The number of nitrogens with zero attached hydrogens (tertiary/aromatic N) is 2. The molecule has 1 saturated heterocycles. The van der Waals surface area contributed by atoms with E-state index in [2.05, 4.69) is 17.1 Å². The summed E-state index contributed by atoms with van der Waals surface area (Å²) in [6, 6.07) is 9.18. The molecule has 1 aliphatic heterocycles. The van der Waals surface area contributed by atoms with Gasteiger partial charge in [0.2, 0.25) is 0 Å². The molecule has 0 atom stereocenters. The molecule has 0 radical (unpaired) electrons. The van der Waals surface area contributed by atoms with E-state index >= 15 is 0 Å². The number of carbonyl (C=O) groups is 1. The van der Waals surface area contributed by atoms with E-state index in [4.69, 9.17) is 11.6 Å². The van der Waals surface area contributed by atoms with Crippen LogP contribution in [-0.2, 0) is 0 Å². The van der Waals surface area contributed by atoms with Crippen molar-refractivity contribution in [2.75, 3.05) is 19.7 Å². The van der Waals surface area contributed by atoms with Crippen LogP contribution in [0.15, 0.2) is 30.3 Å². The molecule has 1 fully saturated rings. The summed E-state index contributed by atoms with van der Waals surface area (Å²) in [6.45, 7) is 3.60. The van der Waals surface area contributed by atoms with Crippen LogP contribution in [0.25, 0.3) is 11.3 Å². The van der Waals surface area contributed by atoms with Crippen LogP contribution >= 0.6 is 11.6 Å². The summed E-state index contributed by atoms with van der Waals surface area (Å²) in [7, 11) is 0. The molecule has 0 unspecified atom stereocenters. The fourth-order valence-electron chi connectivity index (χ4n) is 3.22. The first-order valence-electron chi connectivity index (χ1n) is 8.29. The molecular weight excluding hydrogens is 326 g/mol. The van der Waals surface area contributed by atoms with Crippen molar-refractivity contribution in [2.45, 2.75) is 26.2 Å². The Labute approximate surface area is 146 Å². The summed E-state index contributed by atoms with van der Waals surface area (Å²) < 4.78 is 0. The Kier molecular flexibility index (Phi) is 4.92. The molecule has 0 aliphatic carbocycles. The fraction of sp³-hybridized carbons (Fsp3) is 0.444. The lowest BCUT2D eigenvalue weighted by atomic mass is 9.77. The highest BCUT2D eigenvalue weighted by Gasteiger charge is 2.34. The van der Waals surface area contributed by atoms with Crippen LogP contribution < -0.4 is 0 Å². The number of aromatic amines is 1. The second-order valence-corrected chi connectivity index (χ2v) is 6.86. The van der Waals surface area contributed by atoms with E-state index in [0.717, 1.165) is 24.8 Å². The Morgan fingerprint density at radius 1 is 1.38 bits per heavy atom. The van der Waals surface area contributed by atoms with Gasteiger partial charge in [-0.3, -0.25) is 9.89 Å². The van der Waals surface area contributed by atoms with Crippen LogP contribution in [0.4, 0.5) is 0 Å². The van der Waals surface area contributed by atoms with Gasteiger partial charge < -0.3 is 10.0 Å². The number of hydrogen-bond donors (Lipinski definition) is 2. The van der Waals surface area contributed by atoms with E-state index in [1.807, 2.05) is 23.1 Å². The van der Waals surface area contributed by atoms with Crippen molar-refractivity contribution in [2.24, 2.45) is 5.41 Å². The topological polar surface area (TPSA) is 69.2 Å². The van der Waals surface area contributed by atoms with Gasteiger partial charge in [-0.05, 0) is 36.8 Å². The Balaban J connectivity index is 1.72. The van der Waals surface area contributed by atoms with Gasteiger partial charge in [0.1, 0.15) is 5.69 Å². The van der Waals surface area contributed by atoms with E-state index < -0.39 is 0 Å². The number of carbonyl (C=O) groups excluding carboxylic acids is 1. The first kappa shape index (κ1) is 17.0. The zero-order chi connectivity index (χ0) is 17.2. The number of piperidine rings is 1.